The number of nitrogens with one attached hydrogen (secondary N) is 3. The highest BCUT2D eigenvalue weighted by Gasteiger charge is 2.44. The van der Waals surface area contributed by atoms with Crippen LogP contribution in [0.1, 0.15) is 106 Å². The number of fused-ring (bicyclic) bond motifs is 1. The molecular weight excluding hydrogens is 1100 g/mol. The van der Waals surface area contributed by atoms with Crippen molar-refractivity contribution in [3.8, 4) is 10.4 Å². The van der Waals surface area contributed by atoms with Gasteiger partial charge in [-0.25, -0.2) is 15.0 Å². The SMILES string of the molecule is CC(=O)c1c(C)c2cnc(Nc3ccc(N4CCN(C(=O)CCOCCOCCOCCOCCOCCC(=O)N[C@H](C(=O)N5C[C@H](O)C[C@H]5C(=O)NCc5ccc(-c6scnc6C)cc5)C(C)(C)C)CC4)cn3)nc2n(C2CCCC2)c1=O. The Morgan fingerprint density at radius 2 is 1.42 bits per heavy atom. The van der Waals surface area contributed by atoms with Crippen molar-refractivity contribution in [2.75, 3.05) is 109 Å². The van der Waals surface area contributed by atoms with Crippen LogP contribution in [0.25, 0.3) is 21.5 Å². The lowest BCUT2D eigenvalue weighted by Gasteiger charge is -2.36. The summed E-state index contributed by atoms with van der Waals surface area (Å²) in [5.74, 6) is -0.544. The number of hydrogen-bond donors (Lipinski definition) is 4. The summed E-state index contributed by atoms with van der Waals surface area (Å²) < 4.78 is 29.7. The van der Waals surface area contributed by atoms with E-state index in [1.165, 1.54) is 11.8 Å². The highest BCUT2D eigenvalue weighted by atomic mass is 32.1. The number of Topliss-reactive ketones (excluding diaryl/α,β-unsaturated/α-hetero) is 1. The minimum atomic E-state index is -0.939. The number of ketones is 1. The minimum absolute atomic E-state index is 0.0129. The molecule has 3 fully saturated rings. The molecule has 2 saturated heterocycles. The molecule has 1 saturated carbocycles. The Morgan fingerprint density at radius 1 is 0.786 bits per heavy atom. The molecule has 0 unspecified atom stereocenters. The quantitative estimate of drug-likeness (QED) is 0.0349. The number of aryl methyl sites for hydroxylation is 2. The predicted octanol–water partition coefficient (Wildman–Crippen LogP) is 5.31. The maximum absolute atomic E-state index is 14.0. The molecule has 4 aromatic heterocycles. The van der Waals surface area contributed by atoms with Gasteiger partial charge < -0.3 is 59.4 Å². The van der Waals surface area contributed by atoms with Gasteiger partial charge in [-0.3, -0.25) is 33.3 Å². The van der Waals surface area contributed by atoms with Crippen molar-refractivity contribution in [3.05, 3.63) is 87.0 Å². The summed E-state index contributed by atoms with van der Waals surface area (Å²) in [6, 6.07) is 9.84. The van der Waals surface area contributed by atoms with E-state index in [-0.39, 0.29) is 86.2 Å². The molecule has 4 amide bonds. The number of ether oxygens (including phenoxy) is 5. The van der Waals surface area contributed by atoms with Crippen molar-refractivity contribution in [1.29, 1.82) is 0 Å². The molecule has 84 heavy (non-hydrogen) atoms. The van der Waals surface area contributed by atoms with Crippen LogP contribution < -0.4 is 26.4 Å². The number of piperazine rings is 1. The average molecular weight is 1180 g/mol. The van der Waals surface area contributed by atoms with Crippen molar-refractivity contribution >= 4 is 69.2 Å². The topological polar surface area (TPSA) is 271 Å². The van der Waals surface area contributed by atoms with Crippen LogP contribution in [0, 0.1) is 19.3 Å². The minimum Gasteiger partial charge on any atom is -0.391 e. The monoisotopic (exact) mass is 1180 g/mol. The van der Waals surface area contributed by atoms with Crippen LogP contribution in [0.15, 0.2) is 59.1 Å². The van der Waals surface area contributed by atoms with Gasteiger partial charge in [-0.1, -0.05) is 57.9 Å². The number of likely N-dealkylation sites (tertiary alicyclic amines) is 1. The number of aliphatic hydroxyl groups excluding tert-OH is 1. The van der Waals surface area contributed by atoms with Crippen molar-refractivity contribution in [1.82, 2.24) is 44.9 Å². The highest BCUT2D eigenvalue weighted by molar-refractivity contribution is 7.13. The molecule has 24 heteroatoms. The molecule has 3 aliphatic rings. The van der Waals surface area contributed by atoms with E-state index in [4.69, 9.17) is 28.7 Å². The number of pyridine rings is 2. The number of nitrogens with zero attached hydrogens (tertiary/aromatic N) is 8. The van der Waals surface area contributed by atoms with E-state index in [2.05, 4.69) is 35.8 Å². The van der Waals surface area contributed by atoms with Crippen LogP contribution in [0.4, 0.5) is 17.5 Å². The van der Waals surface area contributed by atoms with Gasteiger partial charge in [0, 0.05) is 69.7 Å². The Bertz CT molecular complexity index is 3080. The van der Waals surface area contributed by atoms with Crippen molar-refractivity contribution in [2.45, 2.75) is 117 Å². The zero-order valence-corrected chi connectivity index (χ0v) is 50.0. The van der Waals surface area contributed by atoms with Crippen LogP contribution in [-0.4, -0.2) is 186 Å². The van der Waals surface area contributed by atoms with E-state index >= 15 is 0 Å². The molecule has 3 atom stereocenters. The normalized spacial score (nSPS) is 17.0. The second-order valence-electron chi connectivity index (χ2n) is 22.5. The van der Waals surface area contributed by atoms with Crippen LogP contribution in [0.3, 0.4) is 0 Å². The third-order valence-electron chi connectivity index (χ3n) is 15.4. The first-order valence-electron chi connectivity index (χ1n) is 29.1. The Labute approximate surface area is 494 Å². The Balaban J connectivity index is 0.622. The van der Waals surface area contributed by atoms with Crippen LogP contribution in [0.2, 0.25) is 0 Å². The fraction of sp³-hybridized carbons (Fsp3) is 0.567. The molecular formula is C60H81N11O12S. The first-order chi connectivity index (χ1) is 40.5. The van der Waals surface area contributed by atoms with Gasteiger partial charge in [-0.2, -0.15) is 4.98 Å². The molecule has 0 radical (unpaired) electrons. The van der Waals surface area contributed by atoms with Gasteiger partial charge in [0.1, 0.15) is 23.5 Å². The van der Waals surface area contributed by atoms with E-state index in [9.17, 15) is 33.9 Å². The van der Waals surface area contributed by atoms with Crippen LogP contribution in [0.5, 0.6) is 0 Å². The number of hydrogen-bond acceptors (Lipinski definition) is 19. The lowest BCUT2D eigenvalue weighted by atomic mass is 9.85. The summed E-state index contributed by atoms with van der Waals surface area (Å²) >= 11 is 1.57. The van der Waals surface area contributed by atoms with E-state index in [1.807, 2.05) is 74.5 Å². The van der Waals surface area contributed by atoms with E-state index in [0.717, 1.165) is 53.1 Å². The fourth-order valence-corrected chi connectivity index (χ4v) is 11.6. The Kier molecular flexibility index (Phi) is 22.8. The van der Waals surface area contributed by atoms with Gasteiger partial charge >= 0.3 is 0 Å². The standard InChI is InChI=1S/C60H81N11O12S/c1-39-47-36-63-59(67-55(47)71(44-9-7-8-10-44)57(77)52(39)41(3)72)65-49-16-15-45(35-61-49)68-19-21-69(22-20-68)51(75)18-24-80-26-28-82-30-32-83-31-29-81-27-25-79-23-17-50(74)66-54(60(4,5)6)58(78)70-37-46(73)33-48(70)56(76)62-34-42-11-13-43(14-12-42)53-40(2)64-38-84-53/h11-16,35-36,38,44,46,48,54,73H,7-10,17-34,37H2,1-6H3,(H,62,76)(H,66,74)(H,61,63,65,67)/t46-,48+,54-/m1/s1. The second kappa shape index (κ2) is 30.3. The number of aliphatic hydroxyl groups is 1. The molecule has 2 aliphatic heterocycles. The number of anilines is 3. The zero-order chi connectivity index (χ0) is 59.8. The molecule has 23 nitrogen and oxygen atoms in total. The molecule has 454 valence electrons. The number of thiazole rings is 1. The number of benzene rings is 1. The van der Waals surface area contributed by atoms with Gasteiger partial charge in [-0.15, -0.1) is 11.3 Å². The number of rotatable bonds is 29. The predicted molar refractivity (Wildman–Crippen MR) is 317 cm³/mol. The van der Waals surface area contributed by atoms with Gasteiger partial charge in [-0.05, 0) is 67.9 Å². The summed E-state index contributed by atoms with van der Waals surface area (Å²) in [4.78, 5) is 104. The number of aromatic nitrogens is 5. The van der Waals surface area contributed by atoms with E-state index in [1.54, 1.807) is 35.2 Å². The maximum Gasteiger partial charge on any atom is 0.263 e. The molecule has 1 aliphatic carbocycles. The number of carbonyl (C=O) groups is 5. The third kappa shape index (κ3) is 17.0. The van der Waals surface area contributed by atoms with Crippen molar-refractivity contribution in [3.63, 3.8) is 0 Å². The summed E-state index contributed by atoms with van der Waals surface area (Å²) in [6.07, 6.45) is 6.72. The van der Waals surface area contributed by atoms with Gasteiger partial charge in [0.05, 0.1) is 112 Å². The summed E-state index contributed by atoms with van der Waals surface area (Å²) in [5, 5.41) is 20.2. The summed E-state index contributed by atoms with van der Waals surface area (Å²) in [7, 11) is 0. The highest BCUT2D eigenvalue weighted by Crippen LogP contribution is 2.33. The van der Waals surface area contributed by atoms with Crippen molar-refractivity contribution < 1.29 is 52.8 Å². The smallest absolute Gasteiger partial charge is 0.263 e. The maximum atomic E-state index is 14.0. The largest absolute Gasteiger partial charge is 0.391 e. The van der Waals surface area contributed by atoms with Gasteiger partial charge in [0.2, 0.25) is 29.6 Å². The summed E-state index contributed by atoms with van der Waals surface area (Å²) in [5.41, 5.74) is 5.96. The van der Waals surface area contributed by atoms with Gasteiger partial charge in [0.15, 0.2) is 5.78 Å². The van der Waals surface area contributed by atoms with Gasteiger partial charge in [0.25, 0.3) is 5.56 Å². The molecule has 0 bridgehead atoms. The fourth-order valence-electron chi connectivity index (χ4n) is 10.8. The second-order valence-corrected chi connectivity index (χ2v) is 23.4. The average Bonchev–Trinajstić information content (AvgIpc) is 1.75. The Hall–Kier alpha value is -6.80. The van der Waals surface area contributed by atoms with Crippen LogP contribution in [-0.2, 0) is 49.4 Å². The zero-order valence-electron chi connectivity index (χ0n) is 49.2. The molecule has 4 N–H and O–H groups in total. The molecule has 8 rings (SSSR count). The van der Waals surface area contributed by atoms with Crippen LogP contribution >= 0.6 is 11.3 Å². The van der Waals surface area contributed by atoms with E-state index in [0.29, 0.717) is 107 Å². The molecule has 0 spiro atoms. The number of carbonyl (C=O) groups excluding carboxylic acids is 5. The molecule has 1 aromatic carbocycles. The molecule has 6 heterocycles. The first kappa shape index (κ1) is 63.2. The molecule has 5 aromatic rings. The third-order valence-corrected chi connectivity index (χ3v) is 16.3. The first-order valence-corrected chi connectivity index (χ1v) is 30.0. The summed E-state index contributed by atoms with van der Waals surface area (Å²) in [6.45, 7) is 16.6. The lowest BCUT2D eigenvalue weighted by molar-refractivity contribution is -0.144. The Morgan fingerprint density at radius 3 is 2.00 bits per heavy atom. The van der Waals surface area contributed by atoms with E-state index < -0.39 is 29.5 Å². The number of β-amino-alcohol motifs (C(OH)–C–C–N with tert-alkyl or cyclic N) is 1. The van der Waals surface area contributed by atoms with Crippen molar-refractivity contribution in [2.24, 2.45) is 5.41 Å². The number of amides is 4. The lowest BCUT2D eigenvalue weighted by Crippen LogP contribution is -2.57.